The van der Waals surface area contributed by atoms with Crippen molar-refractivity contribution in [1.29, 1.82) is 0 Å². The lowest BCUT2D eigenvalue weighted by atomic mass is 10.3. The first-order valence-corrected chi connectivity index (χ1v) is 5.02. The number of thiazole rings is 1. The second kappa shape index (κ2) is 2.88. The summed E-state index contributed by atoms with van der Waals surface area (Å²) in [6.07, 6.45) is 3.52. The largest absolute Gasteiger partial charge is 0.260 e. The standard InChI is InChI=1S/C9H6N4S/c1-2-6-7(9-11-4-5-14-9)12-13-8(6)10-3-1/h1-5H,(H,10,12,13). The summed E-state index contributed by atoms with van der Waals surface area (Å²) in [7, 11) is 0. The van der Waals surface area contributed by atoms with Gasteiger partial charge >= 0.3 is 0 Å². The summed E-state index contributed by atoms with van der Waals surface area (Å²) in [6, 6.07) is 3.89. The lowest BCUT2D eigenvalue weighted by molar-refractivity contribution is 1.10. The van der Waals surface area contributed by atoms with Crippen molar-refractivity contribution in [3.05, 3.63) is 29.9 Å². The molecule has 14 heavy (non-hydrogen) atoms. The van der Waals surface area contributed by atoms with Gasteiger partial charge in [-0.2, -0.15) is 5.10 Å². The van der Waals surface area contributed by atoms with E-state index in [4.69, 9.17) is 0 Å². The van der Waals surface area contributed by atoms with E-state index in [0.717, 1.165) is 21.7 Å². The maximum atomic E-state index is 4.22. The second-order valence-electron chi connectivity index (χ2n) is 2.81. The summed E-state index contributed by atoms with van der Waals surface area (Å²) in [4.78, 5) is 8.39. The van der Waals surface area contributed by atoms with Gasteiger partial charge < -0.3 is 0 Å². The number of H-pyrrole nitrogens is 1. The van der Waals surface area contributed by atoms with Crippen LogP contribution in [0.5, 0.6) is 0 Å². The van der Waals surface area contributed by atoms with Crippen molar-refractivity contribution in [3.8, 4) is 10.7 Å². The first kappa shape index (κ1) is 7.64. The average Bonchev–Trinajstić information content (AvgIpc) is 2.85. The maximum absolute atomic E-state index is 4.22. The number of aromatic nitrogens is 4. The Morgan fingerprint density at radius 3 is 3.07 bits per heavy atom. The topological polar surface area (TPSA) is 54.5 Å². The van der Waals surface area contributed by atoms with Gasteiger partial charge in [0, 0.05) is 23.2 Å². The number of rotatable bonds is 1. The van der Waals surface area contributed by atoms with Crippen LogP contribution in [0.15, 0.2) is 29.9 Å². The van der Waals surface area contributed by atoms with Crippen LogP contribution < -0.4 is 0 Å². The van der Waals surface area contributed by atoms with E-state index in [9.17, 15) is 0 Å². The highest BCUT2D eigenvalue weighted by Gasteiger charge is 2.09. The summed E-state index contributed by atoms with van der Waals surface area (Å²) < 4.78 is 0. The Bertz CT molecular complexity index is 555. The molecule has 0 aliphatic carbocycles. The fourth-order valence-corrected chi connectivity index (χ4v) is 2.00. The number of nitrogens with one attached hydrogen (secondary N) is 1. The first-order valence-electron chi connectivity index (χ1n) is 4.14. The van der Waals surface area contributed by atoms with Crippen LogP contribution in [0.3, 0.4) is 0 Å². The van der Waals surface area contributed by atoms with Gasteiger partial charge in [-0.05, 0) is 12.1 Å². The molecule has 3 rings (SSSR count). The molecule has 5 heteroatoms. The minimum Gasteiger partial charge on any atom is -0.260 e. The summed E-state index contributed by atoms with van der Waals surface area (Å²) in [5.74, 6) is 0. The predicted molar refractivity (Wildman–Crippen MR) is 55.0 cm³/mol. The molecule has 0 saturated carbocycles. The van der Waals surface area contributed by atoms with Crippen LogP contribution in [-0.4, -0.2) is 20.2 Å². The molecule has 3 aromatic heterocycles. The number of hydrogen-bond donors (Lipinski definition) is 1. The molecule has 0 atom stereocenters. The Morgan fingerprint density at radius 2 is 2.21 bits per heavy atom. The van der Waals surface area contributed by atoms with Crippen LogP contribution in [0.4, 0.5) is 0 Å². The van der Waals surface area contributed by atoms with Crippen LogP contribution >= 0.6 is 11.3 Å². The zero-order chi connectivity index (χ0) is 9.38. The van der Waals surface area contributed by atoms with Crippen LogP contribution in [0.1, 0.15) is 0 Å². The van der Waals surface area contributed by atoms with Crippen molar-refractivity contribution >= 4 is 22.4 Å². The molecular weight excluding hydrogens is 196 g/mol. The highest BCUT2D eigenvalue weighted by Crippen LogP contribution is 2.25. The zero-order valence-corrected chi connectivity index (χ0v) is 7.95. The van der Waals surface area contributed by atoms with E-state index in [1.165, 1.54) is 0 Å². The molecule has 68 valence electrons. The fraction of sp³-hybridized carbons (Fsp3) is 0. The third kappa shape index (κ3) is 1.03. The van der Waals surface area contributed by atoms with Gasteiger partial charge in [0.05, 0.1) is 0 Å². The molecule has 0 amide bonds. The normalized spacial score (nSPS) is 10.9. The maximum Gasteiger partial charge on any atom is 0.155 e. The van der Waals surface area contributed by atoms with Crippen molar-refractivity contribution in [3.63, 3.8) is 0 Å². The van der Waals surface area contributed by atoms with Crippen LogP contribution in [-0.2, 0) is 0 Å². The summed E-state index contributed by atoms with van der Waals surface area (Å²) in [5, 5.41) is 11.0. The van der Waals surface area contributed by atoms with E-state index < -0.39 is 0 Å². The lowest BCUT2D eigenvalue weighted by Crippen LogP contribution is -1.75. The minimum atomic E-state index is 0.803. The van der Waals surface area contributed by atoms with Gasteiger partial charge in [0.25, 0.3) is 0 Å². The van der Waals surface area contributed by atoms with Crippen LogP contribution in [0, 0.1) is 0 Å². The molecule has 3 aromatic rings. The van der Waals surface area contributed by atoms with E-state index in [1.54, 1.807) is 23.7 Å². The fourth-order valence-electron chi connectivity index (χ4n) is 1.36. The molecule has 4 nitrogen and oxygen atoms in total. The summed E-state index contributed by atoms with van der Waals surface area (Å²) >= 11 is 1.57. The molecule has 0 spiro atoms. The third-order valence-electron chi connectivity index (χ3n) is 1.97. The Balaban J connectivity index is 2.33. The van der Waals surface area contributed by atoms with E-state index in [2.05, 4.69) is 20.2 Å². The second-order valence-corrected chi connectivity index (χ2v) is 3.70. The number of pyridine rings is 1. The summed E-state index contributed by atoms with van der Waals surface area (Å²) in [5.41, 5.74) is 1.68. The van der Waals surface area contributed by atoms with Gasteiger partial charge in [-0.3, -0.25) is 5.10 Å². The highest BCUT2D eigenvalue weighted by atomic mass is 32.1. The van der Waals surface area contributed by atoms with E-state index in [-0.39, 0.29) is 0 Å². The number of fused-ring (bicyclic) bond motifs is 1. The van der Waals surface area contributed by atoms with Gasteiger partial charge in [-0.1, -0.05) is 0 Å². The molecule has 0 radical (unpaired) electrons. The van der Waals surface area contributed by atoms with Gasteiger partial charge in [0.2, 0.25) is 0 Å². The molecule has 0 saturated heterocycles. The number of aromatic amines is 1. The minimum absolute atomic E-state index is 0.803. The smallest absolute Gasteiger partial charge is 0.155 e. The molecule has 1 N–H and O–H groups in total. The quantitative estimate of drug-likeness (QED) is 0.657. The molecule has 0 aromatic carbocycles. The Morgan fingerprint density at radius 1 is 1.21 bits per heavy atom. The zero-order valence-electron chi connectivity index (χ0n) is 7.14. The van der Waals surface area contributed by atoms with Gasteiger partial charge in [0.1, 0.15) is 10.7 Å². The lowest BCUT2D eigenvalue weighted by Gasteiger charge is -1.89. The molecular formula is C9H6N4S. The monoisotopic (exact) mass is 202 g/mol. The van der Waals surface area contributed by atoms with Crippen molar-refractivity contribution in [1.82, 2.24) is 20.2 Å². The Kier molecular flexibility index (Phi) is 1.57. The predicted octanol–water partition coefficient (Wildman–Crippen LogP) is 2.08. The van der Waals surface area contributed by atoms with Gasteiger partial charge in [-0.15, -0.1) is 11.3 Å². The molecule has 0 aliphatic rings. The third-order valence-corrected chi connectivity index (χ3v) is 2.75. The van der Waals surface area contributed by atoms with Crippen LogP contribution in [0.25, 0.3) is 21.7 Å². The SMILES string of the molecule is c1cnc2[nH]nc(-c3nccs3)c2c1. The van der Waals surface area contributed by atoms with Crippen molar-refractivity contribution in [2.75, 3.05) is 0 Å². The highest BCUT2D eigenvalue weighted by molar-refractivity contribution is 7.13. The molecule has 0 unspecified atom stereocenters. The van der Waals surface area contributed by atoms with E-state index in [0.29, 0.717) is 0 Å². The Labute approximate surface area is 83.6 Å². The number of nitrogens with zero attached hydrogens (tertiary/aromatic N) is 3. The molecule has 0 aliphatic heterocycles. The van der Waals surface area contributed by atoms with Gasteiger partial charge in [-0.25, -0.2) is 9.97 Å². The first-order chi connectivity index (χ1) is 6.95. The molecule has 0 bridgehead atoms. The van der Waals surface area contributed by atoms with Crippen molar-refractivity contribution < 1.29 is 0 Å². The Hall–Kier alpha value is -1.75. The average molecular weight is 202 g/mol. The summed E-state index contributed by atoms with van der Waals surface area (Å²) in [6.45, 7) is 0. The van der Waals surface area contributed by atoms with E-state index in [1.807, 2.05) is 17.5 Å². The van der Waals surface area contributed by atoms with Gasteiger partial charge in [0.15, 0.2) is 5.65 Å². The molecule has 3 heterocycles. The molecule has 0 fully saturated rings. The van der Waals surface area contributed by atoms with Crippen molar-refractivity contribution in [2.45, 2.75) is 0 Å². The number of hydrogen-bond acceptors (Lipinski definition) is 4. The van der Waals surface area contributed by atoms with Crippen molar-refractivity contribution in [2.24, 2.45) is 0 Å². The van der Waals surface area contributed by atoms with E-state index >= 15 is 0 Å². The van der Waals surface area contributed by atoms with Crippen LogP contribution in [0.2, 0.25) is 0 Å².